The first-order chi connectivity index (χ1) is 13.3. The second-order valence-corrected chi connectivity index (χ2v) is 8.38. The SMILES string of the molecule is CCOC(=O)c1c(NC(=O)CN(C)Cc2c(C)nn(C)c2C)sc2c1CCC2. The number of hydrogen-bond acceptors (Lipinski definition) is 6. The second-order valence-electron chi connectivity index (χ2n) is 7.28. The third-order valence-corrected chi connectivity index (χ3v) is 6.36. The lowest BCUT2D eigenvalue weighted by Gasteiger charge is -2.17. The summed E-state index contributed by atoms with van der Waals surface area (Å²) in [7, 11) is 3.83. The summed E-state index contributed by atoms with van der Waals surface area (Å²) in [6, 6.07) is 0. The summed E-state index contributed by atoms with van der Waals surface area (Å²) < 4.78 is 7.08. The molecule has 0 spiro atoms. The highest BCUT2D eigenvalue weighted by molar-refractivity contribution is 7.17. The molecule has 152 valence electrons. The first kappa shape index (κ1) is 20.5. The zero-order chi connectivity index (χ0) is 20.4. The average Bonchev–Trinajstić information content (AvgIpc) is 3.25. The Morgan fingerprint density at radius 2 is 2.07 bits per heavy atom. The van der Waals surface area contributed by atoms with E-state index in [4.69, 9.17) is 4.74 Å². The molecule has 0 aliphatic heterocycles. The molecule has 7 nitrogen and oxygen atoms in total. The van der Waals surface area contributed by atoms with Crippen LogP contribution in [-0.4, -0.2) is 46.8 Å². The predicted octanol–water partition coefficient (Wildman–Crippen LogP) is 2.83. The zero-order valence-electron chi connectivity index (χ0n) is 17.2. The summed E-state index contributed by atoms with van der Waals surface area (Å²) in [6.45, 7) is 7.00. The van der Waals surface area contributed by atoms with Crippen molar-refractivity contribution in [2.45, 2.75) is 46.6 Å². The van der Waals surface area contributed by atoms with E-state index in [2.05, 4.69) is 10.4 Å². The number of carbonyl (C=O) groups excluding carboxylic acids is 2. The number of esters is 1. The van der Waals surface area contributed by atoms with Crippen molar-refractivity contribution in [3.05, 3.63) is 33.0 Å². The lowest BCUT2D eigenvalue weighted by Crippen LogP contribution is -2.30. The molecular formula is C20H28N4O3S. The van der Waals surface area contributed by atoms with Gasteiger partial charge in [-0.1, -0.05) is 0 Å². The van der Waals surface area contributed by atoms with E-state index < -0.39 is 0 Å². The number of fused-ring (bicyclic) bond motifs is 1. The molecule has 1 N–H and O–H groups in total. The maximum atomic E-state index is 12.6. The molecule has 0 fully saturated rings. The van der Waals surface area contributed by atoms with Crippen molar-refractivity contribution in [2.75, 3.05) is 25.5 Å². The molecule has 0 atom stereocenters. The number of amides is 1. The van der Waals surface area contributed by atoms with Crippen LogP contribution >= 0.6 is 11.3 Å². The van der Waals surface area contributed by atoms with Crippen LogP contribution in [0.1, 0.15) is 51.1 Å². The van der Waals surface area contributed by atoms with Crippen LogP contribution in [0.4, 0.5) is 5.00 Å². The van der Waals surface area contributed by atoms with Crippen LogP contribution in [0.2, 0.25) is 0 Å². The van der Waals surface area contributed by atoms with Crippen LogP contribution in [0.25, 0.3) is 0 Å². The smallest absolute Gasteiger partial charge is 0.341 e. The topological polar surface area (TPSA) is 76.5 Å². The van der Waals surface area contributed by atoms with E-state index in [0.717, 1.165) is 41.8 Å². The molecule has 0 radical (unpaired) electrons. The maximum absolute atomic E-state index is 12.6. The molecule has 1 aliphatic carbocycles. The molecule has 28 heavy (non-hydrogen) atoms. The molecule has 8 heteroatoms. The van der Waals surface area contributed by atoms with Crippen molar-refractivity contribution in [3.63, 3.8) is 0 Å². The average molecular weight is 405 g/mol. The summed E-state index contributed by atoms with van der Waals surface area (Å²) in [5, 5.41) is 7.99. The Bertz CT molecular complexity index is 900. The lowest BCUT2D eigenvalue weighted by atomic mass is 10.1. The highest BCUT2D eigenvalue weighted by atomic mass is 32.1. The Hall–Kier alpha value is -2.19. The molecule has 2 aromatic heterocycles. The minimum absolute atomic E-state index is 0.132. The molecule has 2 aromatic rings. The molecule has 0 bridgehead atoms. The van der Waals surface area contributed by atoms with Crippen molar-refractivity contribution in [1.82, 2.24) is 14.7 Å². The molecular weight excluding hydrogens is 376 g/mol. The first-order valence-electron chi connectivity index (χ1n) is 9.60. The summed E-state index contributed by atoms with van der Waals surface area (Å²) in [6.07, 6.45) is 2.88. The number of thiophene rings is 1. The highest BCUT2D eigenvalue weighted by Crippen LogP contribution is 2.39. The van der Waals surface area contributed by atoms with Gasteiger partial charge >= 0.3 is 5.97 Å². The number of aryl methyl sites for hydroxylation is 3. The van der Waals surface area contributed by atoms with Gasteiger partial charge < -0.3 is 10.1 Å². The largest absolute Gasteiger partial charge is 0.462 e. The van der Waals surface area contributed by atoms with Gasteiger partial charge in [0.15, 0.2) is 0 Å². The fourth-order valence-electron chi connectivity index (χ4n) is 3.69. The molecule has 0 saturated carbocycles. The van der Waals surface area contributed by atoms with Crippen LogP contribution in [0.5, 0.6) is 0 Å². The van der Waals surface area contributed by atoms with Gasteiger partial charge in [-0.05, 0) is 52.6 Å². The number of anilines is 1. The molecule has 0 saturated heterocycles. The minimum Gasteiger partial charge on any atom is -0.462 e. The third-order valence-electron chi connectivity index (χ3n) is 5.15. The standard InChI is InChI=1S/C20H28N4O3S/c1-6-27-20(26)18-14-8-7-9-16(14)28-19(18)21-17(25)11-23(4)10-15-12(2)22-24(5)13(15)3/h6-11H2,1-5H3,(H,21,25). The van der Waals surface area contributed by atoms with Crippen molar-refractivity contribution in [3.8, 4) is 0 Å². The Labute approximate surface area is 169 Å². The van der Waals surface area contributed by atoms with E-state index in [9.17, 15) is 9.59 Å². The van der Waals surface area contributed by atoms with Crippen LogP contribution < -0.4 is 5.32 Å². The molecule has 3 rings (SSSR count). The number of carbonyl (C=O) groups is 2. The third kappa shape index (κ3) is 4.12. The van der Waals surface area contributed by atoms with Crippen molar-refractivity contribution in [2.24, 2.45) is 7.05 Å². The van der Waals surface area contributed by atoms with Crippen LogP contribution in [-0.2, 0) is 36.0 Å². The van der Waals surface area contributed by atoms with E-state index in [1.807, 2.05) is 37.5 Å². The summed E-state index contributed by atoms with van der Waals surface area (Å²) >= 11 is 1.51. The molecule has 1 amide bonds. The number of ether oxygens (including phenoxy) is 1. The molecule has 2 heterocycles. The van der Waals surface area contributed by atoms with Gasteiger partial charge in [0.25, 0.3) is 0 Å². The van der Waals surface area contributed by atoms with E-state index >= 15 is 0 Å². The number of aromatic nitrogens is 2. The number of nitrogens with one attached hydrogen (secondary N) is 1. The molecule has 0 aromatic carbocycles. The Balaban J connectivity index is 1.69. The number of nitrogens with zero attached hydrogens (tertiary/aromatic N) is 3. The van der Waals surface area contributed by atoms with Gasteiger partial charge in [-0.2, -0.15) is 5.10 Å². The number of likely N-dealkylation sites (N-methyl/N-ethyl adjacent to an activating group) is 1. The van der Waals surface area contributed by atoms with Crippen LogP contribution in [0, 0.1) is 13.8 Å². The Morgan fingerprint density at radius 1 is 1.32 bits per heavy atom. The predicted molar refractivity (Wildman–Crippen MR) is 110 cm³/mol. The van der Waals surface area contributed by atoms with Gasteiger partial charge in [0.2, 0.25) is 5.91 Å². The lowest BCUT2D eigenvalue weighted by molar-refractivity contribution is -0.117. The quantitative estimate of drug-likeness (QED) is 0.718. The van der Waals surface area contributed by atoms with E-state index in [1.54, 1.807) is 6.92 Å². The monoisotopic (exact) mass is 404 g/mol. The van der Waals surface area contributed by atoms with E-state index in [0.29, 0.717) is 23.7 Å². The zero-order valence-corrected chi connectivity index (χ0v) is 18.0. The van der Waals surface area contributed by atoms with Gasteiger partial charge in [0.05, 0.1) is 24.4 Å². The molecule has 0 unspecified atom stereocenters. The van der Waals surface area contributed by atoms with Gasteiger partial charge in [-0.15, -0.1) is 11.3 Å². The van der Waals surface area contributed by atoms with Gasteiger partial charge in [0, 0.05) is 29.7 Å². The summed E-state index contributed by atoms with van der Waals surface area (Å²) in [4.78, 5) is 28.2. The van der Waals surface area contributed by atoms with Gasteiger partial charge in [-0.3, -0.25) is 14.4 Å². The maximum Gasteiger partial charge on any atom is 0.341 e. The summed E-state index contributed by atoms with van der Waals surface area (Å²) in [5.74, 6) is -0.473. The van der Waals surface area contributed by atoms with Crippen LogP contribution in [0.3, 0.4) is 0 Å². The number of hydrogen-bond donors (Lipinski definition) is 1. The van der Waals surface area contributed by atoms with Crippen molar-refractivity contribution in [1.29, 1.82) is 0 Å². The second kappa shape index (κ2) is 8.45. The first-order valence-corrected chi connectivity index (χ1v) is 10.4. The van der Waals surface area contributed by atoms with E-state index in [1.165, 1.54) is 16.2 Å². The molecule has 1 aliphatic rings. The summed E-state index contributed by atoms with van der Waals surface area (Å²) in [5.41, 5.74) is 4.82. The Kier molecular flexibility index (Phi) is 6.20. The highest BCUT2D eigenvalue weighted by Gasteiger charge is 2.28. The van der Waals surface area contributed by atoms with Crippen LogP contribution in [0.15, 0.2) is 0 Å². The fraction of sp³-hybridized carbons (Fsp3) is 0.550. The minimum atomic E-state index is -0.341. The van der Waals surface area contributed by atoms with Crippen molar-refractivity contribution < 1.29 is 14.3 Å². The fourth-order valence-corrected chi connectivity index (χ4v) is 4.99. The normalized spacial score (nSPS) is 13.1. The van der Waals surface area contributed by atoms with Gasteiger partial charge in [0.1, 0.15) is 5.00 Å². The van der Waals surface area contributed by atoms with E-state index in [-0.39, 0.29) is 18.4 Å². The van der Waals surface area contributed by atoms with Gasteiger partial charge in [-0.25, -0.2) is 4.79 Å². The van der Waals surface area contributed by atoms with Crippen molar-refractivity contribution >= 4 is 28.2 Å². The number of rotatable bonds is 7. The Morgan fingerprint density at radius 3 is 2.71 bits per heavy atom.